The molecule has 5 rings (SSSR count). The van der Waals surface area contributed by atoms with E-state index < -0.39 is 0 Å². The molecule has 0 amide bonds. The number of fused-ring (bicyclic) bond motifs is 1. The second-order valence-corrected chi connectivity index (χ2v) is 8.09. The Labute approximate surface area is 175 Å². The van der Waals surface area contributed by atoms with Crippen LogP contribution in [0.2, 0.25) is 0 Å². The van der Waals surface area contributed by atoms with Gasteiger partial charge in [-0.2, -0.15) is 0 Å². The molecule has 0 bridgehead atoms. The second-order valence-electron chi connectivity index (χ2n) is 8.09. The first kappa shape index (κ1) is 18.7. The zero-order valence-electron chi connectivity index (χ0n) is 17.1. The van der Waals surface area contributed by atoms with E-state index >= 15 is 0 Å². The topological polar surface area (TPSA) is 82.5 Å². The normalized spacial score (nSPS) is 18.1. The Morgan fingerprint density at radius 3 is 2.60 bits per heavy atom. The Balaban J connectivity index is 1.39. The number of aromatic amines is 1. The van der Waals surface area contributed by atoms with Gasteiger partial charge in [-0.1, -0.05) is 30.3 Å². The summed E-state index contributed by atoms with van der Waals surface area (Å²) < 4.78 is 0. The van der Waals surface area contributed by atoms with E-state index in [2.05, 4.69) is 38.9 Å². The maximum atomic E-state index is 10.6. The minimum atomic E-state index is 0.189. The lowest BCUT2D eigenvalue weighted by molar-refractivity contribution is 0.313. The number of benzene rings is 2. The van der Waals surface area contributed by atoms with Gasteiger partial charge in [-0.15, -0.1) is 0 Å². The van der Waals surface area contributed by atoms with Gasteiger partial charge in [0, 0.05) is 38.4 Å². The molecule has 1 saturated heterocycles. The number of hydrogen-bond donors (Lipinski definition) is 3. The number of aliphatic hydroxyl groups excluding tert-OH is 1. The van der Waals surface area contributed by atoms with Crippen LogP contribution < -0.4 is 4.90 Å². The van der Waals surface area contributed by atoms with Gasteiger partial charge in [-0.3, -0.25) is 5.41 Å². The van der Waals surface area contributed by atoms with Crippen LogP contribution in [0.15, 0.2) is 54.3 Å². The summed E-state index contributed by atoms with van der Waals surface area (Å²) in [5.74, 6) is 1.04. The molecule has 30 heavy (non-hydrogen) atoms. The Morgan fingerprint density at radius 1 is 1.07 bits per heavy atom. The van der Waals surface area contributed by atoms with E-state index in [-0.39, 0.29) is 5.76 Å². The molecule has 0 radical (unpaired) electrons. The van der Waals surface area contributed by atoms with E-state index in [1.807, 2.05) is 41.3 Å². The summed E-state index contributed by atoms with van der Waals surface area (Å²) in [6.07, 6.45) is 0. The van der Waals surface area contributed by atoms with Crippen molar-refractivity contribution in [1.82, 2.24) is 19.8 Å². The van der Waals surface area contributed by atoms with Crippen LogP contribution in [0.4, 0.5) is 5.69 Å². The number of nitrogens with zero attached hydrogens (tertiary/aromatic N) is 4. The summed E-state index contributed by atoms with van der Waals surface area (Å²) >= 11 is 0. The van der Waals surface area contributed by atoms with E-state index in [9.17, 15) is 5.11 Å². The molecular formula is C23H26N6O. The highest BCUT2D eigenvalue weighted by Gasteiger charge is 2.30. The lowest BCUT2D eigenvalue weighted by Gasteiger charge is -2.34. The van der Waals surface area contributed by atoms with Crippen molar-refractivity contribution < 1.29 is 5.11 Å². The summed E-state index contributed by atoms with van der Waals surface area (Å²) in [6, 6.07) is 16.3. The lowest BCUT2D eigenvalue weighted by atomic mass is 10.2. The molecule has 0 unspecified atom stereocenters. The van der Waals surface area contributed by atoms with Crippen LogP contribution in [0, 0.1) is 5.41 Å². The van der Waals surface area contributed by atoms with E-state index in [0.717, 1.165) is 42.8 Å². The fourth-order valence-electron chi connectivity index (χ4n) is 4.20. The van der Waals surface area contributed by atoms with Crippen molar-refractivity contribution >= 4 is 28.1 Å². The van der Waals surface area contributed by atoms with Crippen LogP contribution in [-0.4, -0.2) is 70.5 Å². The van der Waals surface area contributed by atoms with Gasteiger partial charge < -0.3 is 24.8 Å². The summed E-state index contributed by atoms with van der Waals surface area (Å²) in [5.41, 5.74) is 4.55. The van der Waals surface area contributed by atoms with Crippen LogP contribution in [0.1, 0.15) is 11.4 Å². The summed E-state index contributed by atoms with van der Waals surface area (Å²) in [5, 5.41) is 19.2. The van der Waals surface area contributed by atoms with Crippen molar-refractivity contribution in [3.8, 4) is 0 Å². The summed E-state index contributed by atoms with van der Waals surface area (Å²) in [4.78, 5) is 14.6. The summed E-state index contributed by atoms with van der Waals surface area (Å²) in [6.45, 7) is 5.04. The minimum Gasteiger partial charge on any atom is -0.510 e. The molecule has 0 atom stereocenters. The minimum absolute atomic E-state index is 0.189. The number of aromatic nitrogens is 2. The molecule has 0 spiro atoms. The van der Waals surface area contributed by atoms with E-state index in [0.29, 0.717) is 30.3 Å². The van der Waals surface area contributed by atoms with Crippen LogP contribution >= 0.6 is 0 Å². The molecule has 0 aliphatic carbocycles. The molecule has 2 aromatic carbocycles. The predicted molar refractivity (Wildman–Crippen MR) is 120 cm³/mol. The molecule has 3 aromatic rings. The second kappa shape index (κ2) is 7.50. The number of H-pyrrole nitrogens is 1. The number of nitrogens with one attached hydrogen (secondary N) is 2. The van der Waals surface area contributed by atoms with Gasteiger partial charge in [0.05, 0.1) is 23.2 Å². The van der Waals surface area contributed by atoms with E-state index in [4.69, 9.17) is 5.41 Å². The zero-order valence-corrected chi connectivity index (χ0v) is 17.1. The fraction of sp³-hybridized carbons (Fsp3) is 0.304. The van der Waals surface area contributed by atoms with Gasteiger partial charge in [-0.25, -0.2) is 4.98 Å². The fourth-order valence-corrected chi connectivity index (χ4v) is 4.20. The van der Waals surface area contributed by atoms with Crippen LogP contribution in [-0.2, 0) is 6.54 Å². The number of anilines is 1. The molecule has 1 aromatic heterocycles. The molecule has 154 valence electrons. The van der Waals surface area contributed by atoms with Gasteiger partial charge in [0.15, 0.2) is 0 Å². The third-order valence-corrected chi connectivity index (χ3v) is 5.97. The zero-order chi connectivity index (χ0) is 20.7. The average Bonchev–Trinajstić information content (AvgIpc) is 3.28. The van der Waals surface area contributed by atoms with Crippen molar-refractivity contribution in [2.45, 2.75) is 6.54 Å². The molecule has 7 nitrogen and oxygen atoms in total. The molecule has 3 heterocycles. The van der Waals surface area contributed by atoms with Crippen molar-refractivity contribution in [2.75, 3.05) is 44.7 Å². The Bertz CT molecular complexity index is 1110. The maximum absolute atomic E-state index is 10.6. The molecular weight excluding hydrogens is 376 g/mol. The number of piperazine rings is 1. The highest BCUT2D eigenvalue weighted by atomic mass is 16.3. The molecule has 1 fully saturated rings. The SMILES string of the molecule is CN1CCN(c2ccc3nc(C4=C(O)CN(Cc5ccccc5)C4=N)[nH]c3c2)CC1. The van der Waals surface area contributed by atoms with Gasteiger partial charge in [-0.05, 0) is 30.8 Å². The monoisotopic (exact) mass is 402 g/mol. The average molecular weight is 403 g/mol. The van der Waals surface area contributed by atoms with E-state index in [1.165, 1.54) is 5.69 Å². The van der Waals surface area contributed by atoms with E-state index in [1.54, 1.807) is 0 Å². The number of rotatable bonds is 4. The van der Waals surface area contributed by atoms with Gasteiger partial charge in [0.25, 0.3) is 0 Å². The Hall–Kier alpha value is -3.32. The number of amidine groups is 1. The predicted octanol–water partition coefficient (Wildman–Crippen LogP) is 3.08. The third kappa shape index (κ3) is 3.41. The molecule has 0 saturated carbocycles. The van der Waals surface area contributed by atoms with Crippen molar-refractivity contribution in [1.29, 1.82) is 5.41 Å². The molecule has 7 heteroatoms. The van der Waals surface area contributed by atoms with Crippen molar-refractivity contribution in [3.63, 3.8) is 0 Å². The quantitative estimate of drug-likeness (QED) is 0.625. The van der Waals surface area contributed by atoms with Gasteiger partial charge in [0.2, 0.25) is 0 Å². The van der Waals surface area contributed by atoms with Crippen molar-refractivity contribution in [2.24, 2.45) is 0 Å². The first-order valence-corrected chi connectivity index (χ1v) is 10.3. The van der Waals surface area contributed by atoms with Crippen LogP contribution in [0.25, 0.3) is 16.6 Å². The van der Waals surface area contributed by atoms with Crippen LogP contribution in [0.3, 0.4) is 0 Å². The Kier molecular flexibility index (Phi) is 4.67. The van der Waals surface area contributed by atoms with Crippen molar-refractivity contribution in [3.05, 3.63) is 65.7 Å². The largest absolute Gasteiger partial charge is 0.510 e. The van der Waals surface area contributed by atoms with Gasteiger partial charge in [0.1, 0.15) is 17.4 Å². The highest BCUT2D eigenvalue weighted by molar-refractivity contribution is 6.23. The molecule has 3 N–H and O–H groups in total. The highest BCUT2D eigenvalue weighted by Crippen LogP contribution is 2.29. The third-order valence-electron chi connectivity index (χ3n) is 5.97. The number of likely N-dealkylation sites (N-methyl/N-ethyl adjacent to an activating group) is 1. The standard InChI is InChI=1S/C23H26N6O/c1-27-9-11-28(12-10-27)17-7-8-18-19(13-17)26-23(25-18)21-20(30)15-29(22(21)24)14-16-5-3-2-4-6-16/h2-8,13,24,30H,9-12,14-15H2,1H3,(H,25,26). The molecule has 2 aliphatic rings. The Morgan fingerprint density at radius 2 is 1.83 bits per heavy atom. The number of aliphatic hydroxyl groups is 1. The maximum Gasteiger partial charge on any atom is 0.145 e. The number of hydrogen-bond acceptors (Lipinski definition) is 5. The first-order valence-electron chi connectivity index (χ1n) is 10.3. The first-order chi connectivity index (χ1) is 14.6. The number of imidazole rings is 1. The van der Waals surface area contributed by atoms with Gasteiger partial charge >= 0.3 is 0 Å². The summed E-state index contributed by atoms with van der Waals surface area (Å²) in [7, 11) is 2.15. The van der Waals surface area contributed by atoms with Crippen LogP contribution in [0.5, 0.6) is 0 Å². The molecule has 2 aliphatic heterocycles. The smallest absolute Gasteiger partial charge is 0.145 e. The lowest BCUT2D eigenvalue weighted by Crippen LogP contribution is -2.44.